The second kappa shape index (κ2) is 6.70. The molecule has 1 aromatic heterocycles. The van der Waals surface area contributed by atoms with Crippen molar-refractivity contribution in [3.05, 3.63) is 59.3 Å². The summed E-state index contributed by atoms with van der Waals surface area (Å²) in [5, 5.41) is 23.4. The average molecular weight is 364 g/mol. The van der Waals surface area contributed by atoms with Gasteiger partial charge in [-0.3, -0.25) is 5.10 Å². The third-order valence-corrected chi connectivity index (χ3v) is 5.44. The van der Waals surface area contributed by atoms with E-state index in [1.165, 1.54) is 5.56 Å². The number of amides is 2. The molecule has 0 bridgehead atoms. The van der Waals surface area contributed by atoms with Gasteiger partial charge in [0.1, 0.15) is 0 Å². The lowest BCUT2D eigenvalue weighted by Crippen LogP contribution is -2.31. The average Bonchev–Trinajstić information content (AvgIpc) is 3.29. The third-order valence-electron chi connectivity index (χ3n) is 5.44. The molecular formula is C21H24N4O2. The van der Waals surface area contributed by atoms with Gasteiger partial charge in [-0.25, -0.2) is 4.79 Å². The number of nitrogens with zero attached hydrogens (tertiary/aromatic N) is 1. The maximum absolute atomic E-state index is 12.5. The van der Waals surface area contributed by atoms with Crippen LogP contribution in [-0.4, -0.2) is 27.9 Å². The minimum Gasteiger partial charge on any atom is -0.395 e. The van der Waals surface area contributed by atoms with E-state index in [0.29, 0.717) is 0 Å². The van der Waals surface area contributed by atoms with Gasteiger partial charge in [-0.2, -0.15) is 5.10 Å². The Morgan fingerprint density at radius 2 is 2.19 bits per heavy atom. The van der Waals surface area contributed by atoms with Crippen LogP contribution < -0.4 is 10.6 Å². The summed E-state index contributed by atoms with van der Waals surface area (Å²) < 4.78 is 0. The molecule has 6 heteroatoms. The Balaban J connectivity index is 1.49. The van der Waals surface area contributed by atoms with Crippen LogP contribution in [0, 0.1) is 0 Å². The van der Waals surface area contributed by atoms with Crippen molar-refractivity contribution in [1.29, 1.82) is 0 Å². The SMILES string of the molecule is CC(C)(CO)c1ccc2c(c1)CCC2NC(=O)Nc1cccc2[nH]ncc12. The van der Waals surface area contributed by atoms with E-state index in [9.17, 15) is 9.90 Å². The zero-order chi connectivity index (χ0) is 19.0. The van der Waals surface area contributed by atoms with E-state index in [1.54, 1.807) is 6.20 Å². The molecule has 1 aliphatic carbocycles. The number of hydrogen-bond donors (Lipinski definition) is 4. The molecule has 27 heavy (non-hydrogen) atoms. The number of nitrogens with one attached hydrogen (secondary N) is 3. The van der Waals surface area contributed by atoms with Crippen molar-refractivity contribution < 1.29 is 9.90 Å². The highest BCUT2D eigenvalue weighted by Gasteiger charge is 2.27. The van der Waals surface area contributed by atoms with Crippen molar-refractivity contribution in [1.82, 2.24) is 15.5 Å². The molecule has 0 saturated heterocycles. The number of carbonyl (C=O) groups excluding carboxylic acids is 1. The molecule has 140 valence electrons. The first kappa shape index (κ1) is 17.5. The molecule has 3 aromatic rings. The molecule has 0 fully saturated rings. The number of H-pyrrole nitrogens is 1. The van der Waals surface area contributed by atoms with E-state index in [1.807, 2.05) is 32.0 Å². The molecule has 1 unspecified atom stereocenters. The summed E-state index contributed by atoms with van der Waals surface area (Å²) >= 11 is 0. The number of aliphatic hydroxyl groups excluding tert-OH is 1. The molecule has 6 nitrogen and oxygen atoms in total. The first-order valence-electron chi connectivity index (χ1n) is 9.22. The Morgan fingerprint density at radius 1 is 1.33 bits per heavy atom. The zero-order valence-electron chi connectivity index (χ0n) is 15.5. The fourth-order valence-corrected chi connectivity index (χ4v) is 3.67. The Hall–Kier alpha value is -2.86. The summed E-state index contributed by atoms with van der Waals surface area (Å²) in [6.07, 6.45) is 3.51. The summed E-state index contributed by atoms with van der Waals surface area (Å²) in [6.45, 7) is 4.17. The van der Waals surface area contributed by atoms with Crippen molar-refractivity contribution in [2.45, 2.75) is 38.1 Å². The lowest BCUT2D eigenvalue weighted by atomic mass is 9.84. The van der Waals surface area contributed by atoms with E-state index in [0.717, 1.165) is 40.6 Å². The highest BCUT2D eigenvalue weighted by molar-refractivity contribution is 6.00. The summed E-state index contributed by atoms with van der Waals surface area (Å²) in [7, 11) is 0. The maximum atomic E-state index is 12.5. The maximum Gasteiger partial charge on any atom is 0.319 e. The largest absolute Gasteiger partial charge is 0.395 e. The van der Waals surface area contributed by atoms with Gasteiger partial charge in [-0.1, -0.05) is 38.1 Å². The monoisotopic (exact) mass is 364 g/mol. The number of anilines is 1. The van der Waals surface area contributed by atoms with E-state index in [-0.39, 0.29) is 24.1 Å². The Labute approximate surface area is 158 Å². The van der Waals surface area contributed by atoms with Crippen LogP contribution in [0.3, 0.4) is 0 Å². The molecule has 1 aliphatic rings. The van der Waals surface area contributed by atoms with Gasteiger partial charge in [0.25, 0.3) is 0 Å². The van der Waals surface area contributed by atoms with Crippen LogP contribution in [0.1, 0.15) is 43.0 Å². The van der Waals surface area contributed by atoms with E-state index in [2.05, 4.69) is 39.0 Å². The fourth-order valence-electron chi connectivity index (χ4n) is 3.67. The number of rotatable bonds is 4. The van der Waals surface area contributed by atoms with Gasteiger partial charge in [-0.05, 0) is 41.7 Å². The van der Waals surface area contributed by atoms with Gasteiger partial charge in [0.2, 0.25) is 0 Å². The van der Waals surface area contributed by atoms with Crippen molar-refractivity contribution in [3.63, 3.8) is 0 Å². The van der Waals surface area contributed by atoms with Crippen LogP contribution in [0.15, 0.2) is 42.6 Å². The predicted molar refractivity (Wildman–Crippen MR) is 106 cm³/mol. The molecule has 4 rings (SSSR count). The van der Waals surface area contributed by atoms with Crippen molar-refractivity contribution in [3.8, 4) is 0 Å². The molecule has 0 saturated carbocycles. The lowest BCUT2D eigenvalue weighted by molar-refractivity contribution is 0.218. The summed E-state index contributed by atoms with van der Waals surface area (Å²) in [5.74, 6) is 0. The summed E-state index contributed by atoms with van der Waals surface area (Å²) in [4.78, 5) is 12.5. The molecule has 1 atom stereocenters. The van der Waals surface area contributed by atoms with Crippen LogP contribution in [-0.2, 0) is 11.8 Å². The van der Waals surface area contributed by atoms with E-state index >= 15 is 0 Å². The minimum absolute atomic E-state index is 0.00478. The number of aromatic amines is 1. The third kappa shape index (κ3) is 3.28. The quantitative estimate of drug-likeness (QED) is 0.570. The fraction of sp³-hybridized carbons (Fsp3) is 0.333. The highest BCUT2D eigenvalue weighted by Crippen LogP contribution is 2.34. The lowest BCUT2D eigenvalue weighted by Gasteiger charge is -2.23. The van der Waals surface area contributed by atoms with Crippen LogP contribution in [0.25, 0.3) is 10.9 Å². The molecule has 2 aromatic carbocycles. The van der Waals surface area contributed by atoms with Crippen LogP contribution in [0.2, 0.25) is 0 Å². The van der Waals surface area contributed by atoms with Gasteiger partial charge < -0.3 is 15.7 Å². The van der Waals surface area contributed by atoms with Gasteiger partial charge >= 0.3 is 6.03 Å². The standard InChI is InChI=1S/C21H24N4O2/c1-21(2,12-26)14-7-8-15-13(10-14)6-9-18(15)24-20(27)23-17-4-3-5-19-16(17)11-22-25-19/h3-5,7-8,10-11,18,26H,6,9,12H2,1-2H3,(H,22,25)(H2,23,24,27). The first-order valence-corrected chi connectivity index (χ1v) is 9.22. The van der Waals surface area contributed by atoms with Crippen molar-refractivity contribution >= 4 is 22.6 Å². The topological polar surface area (TPSA) is 90.0 Å². The van der Waals surface area contributed by atoms with Gasteiger partial charge in [-0.15, -0.1) is 0 Å². The zero-order valence-corrected chi connectivity index (χ0v) is 15.5. The summed E-state index contributed by atoms with van der Waals surface area (Å²) in [5.41, 5.74) is 4.89. The van der Waals surface area contributed by atoms with Crippen LogP contribution in [0.4, 0.5) is 10.5 Å². The molecular weight excluding hydrogens is 340 g/mol. The molecule has 0 spiro atoms. The van der Waals surface area contributed by atoms with E-state index in [4.69, 9.17) is 0 Å². The number of aliphatic hydroxyl groups is 1. The molecule has 1 heterocycles. The number of aryl methyl sites for hydroxylation is 1. The smallest absolute Gasteiger partial charge is 0.319 e. The normalized spacial score (nSPS) is 16.3. The van der Waals surface area contributed by atoms with Crippen LogP contribution in [0.5, 0.6) is 0 Å². The Kier molecular flexibility index (Phi) is 4.36. The first-order chi connectivity index (χ1) is 13.0. The second-order valence-corrected chi connectivity index (χ2v) is 7.78. The second-order valence-electron chi connectivity index (χ2n) is 7.78. The van der Waals surface area contributed by atoms with Gasteiger partial charge in [0, 0.05) is 10.8 Å². The van der Waals surface area contributed by atoms with Gasteiger partial charge in [0.05, 0.1) is 30.0 Å². The van der Waals surface area contributed by atoms with Crippen LogP contribution >= 0.6 is 0 Å². The number of benzene rings is 2. The van der Waals surface area contributed by atoms with E-state index < -0.39 is 0 Å². The number of urea groups is 1. The number of aromatic nitrogens is 2. The summed E-state index contributed by atoms with van der Waals surface area (Å²) in [6, 6.07) is 11.7. The Morgan fingerprint density at radius 3 is 3.00 bits per heavy atom. The molecule has 0 radical (unpaired) electrons. The van der Waals surface area contributed by atoms with Crippen molar-refractivity contribution in [2.24, 2.45) is 0 Å². The number of hydrogen-bond acceptors (Lipinski definition) is 3. The molecule has 4 N–H and O–H groups in total. The molecule has 0 aliphatic heterocycles. The van der Waals surface area contributed by atoms with Crippen molar-refractivity contribution in [2.75, 3.05) is 11.9 Å². The number of carbonyl (C=O) groups is 1. The van der Waals surface area contributed by atoms with Gasteiger partial charge in [0.15, 0.2) is 0 Å². The predicted octanol–water partition coefficient (Wildman–Crippen LogP) is 3.64. The highest BCUT2D eigenvalue weighted by atomic mass is 16.3. The Bertz CT molecular complexity index is 993. The number of fused-ring (bicyclic) bond motifs is 2. The molecule has 2 amide bonds. The minimum atomic E-state index is -0.263.